The molecule has 4 heteroatoms. The summed E-state index contributed by atoms with van der Waals surface area (Å²) in [7, 11) is 0. The SMILES string of the molecule is CC1CCCN(C(=O)c2ccc(N)cc2)C1.Cl. The zero-order valence-electron chi connectivity index (χ0n) is 10.1. The molecule has 0 radical (unpaired) electrons. The molecule has 1 heterocycles. The lowest BCUT2D eigenvalue weighted by Crippen LogP contribution is -2.39. The summed E-state index contributed by atoms with van der Waals surface area (Å²) in [5.74, 6) is 0.748. The number of halogens is 1. The lowest BCUT2D eigenvalue weighted by Gasteiger charge is -2.31. The number of piperidine rings is 1. The first-order valence-electron chi connectivity index (χ1n) is 5.81. The Kier molecular flexibility index (Phi) is 4.82. The molecule has 1 atom stereocenters. The molecule has 1 unspecified atom stereocenters. The van der Waals surface area contributed by atoms with Crippen LogP contribution in [0, 0.1) is 5.92 Å². The summed E-state index contributed by atoms with van der Waals surface area (Å²) in [6.07, 6.45) is 2.34. The Morgan fingerprint density at radius 3 is 2.59 bits per heavy atom. The van der Waals surface area contributed by atoms with Crippen molar-refractivity contribution in [3.63, 3.8) is 0 Å². The molecule has 2 rings (SSSR count). The molecule has 1 amide bonds. The van der Waals surface area contributed by atoms with Crippen molar-refractivity contribution in [1.29, 1.82) is 0 Å². The van der Waals surface area contributed by atoms with E-state index in [-0.39, 0.29) is 18.3 Å². The standard InChI is InChI=1S/C13H18N2O.ClH/c1-10-3-2-8-15(9-10)13(16)11-4-6-12(14)7-5-11;/h4-7,10H,2-3,8-9,14H2,1H3;1H. The van der Waals surface area contributed by atoms with Crippen LogP contribution >= 0.6 is 12.4 Å². The van der Waals surface area contributed by atoms with Gasteiger partial charge in [0, 0.05) is 24.3 Å². The summed E-state index contributed by atoms with van der Waals surface area (Å²) < 4.78 is 0. The minimum absolute atomic E-state index is 0. The van der Waals surface area contributed by atoms with Crippen LogP contribution < -0.4 is 5.73 Å². The largest absolute Gasteiger partial charge is 0.399 e. The Bertz CT molecular complexity index is 378. The van der Waals surface area contributed by atoms with E-state index in [9.17, 15) is 4.79 Å². The molecular formula is C13H19ClN2O. The first-order valence-corrected chi connectivity index (χ1v) is 5.81. The Labute approximate surface area is 108 Å². The maximum Gasteiger partial charge on any atom is 0.253 e. The van der Waals surface area contributed by atoms with Crippen molar-refractivity contribution in [2.24, 2.45) is 5.92 Å². The zero-order chi connectivity index (χ0) is 11.5. The highest BCUT2D eigenvalue weighted by Gasteiger charge is 2.21. The van der Waals surface area contributed by atoms with Crippen molar-refractivity contribution in [2.75, 3.05) is 18.8 Å². The maximum atomic E-state index is 12.1. The number of nitrogen functional groups attached to an aromatic ring is 1. The highest BCUT2D eigenvalue weighted by molar-refractivity contribution is 5.94. The fraction of sp³-hybridized carbons (Fsp3) is 0.462. The minimum atomic E-state index is 0. The number of nitrogens with two attached hydrogens (primary N) is 1. The number of hydrogen-bond acceptors (Lipinski definition) is 2. The quantitative estimate of drug-likeness (QED) is 0.783. The lowest BCUT2D eigenvalue weighted by atomic mass is 9.99. The van der Waals surface area contributed by atoms with E-state index in [0.29, 0.717) is 11.6 Å². The van der Waals surface area contributed by atoms with Crippen LogP contribution in [0.4, 0.5) is 5.69 Å². The molecule has 94 valence electrons. The molecule has 0 bridgehead atoms. The van der Waals surface area contributed by atoms with Gasteiger partial charge in [0.15, 0.2) is 0 Å². The molecule has 1 fully saturated rings. The number of anilines is 1. The van der Waals surface area contributed by atoms with Crippen LogP contribution in [0.1, 0.15) is 30.1 Å². The maximum absolute atomic E-state index is 12.1. The van der Waals surface area contributed by atoms with Crippen LogP contribution in [0.25, 0.3) is 0 Å². The highest BCUT2D eigenvalue weighted by Crippen LogP contribution is 2.18. The van der Waals surface area contributed by atoms with E-state index < -0.39 is 0 Å². The first kappa shape index (κ1) is 13.8. The third-order valence-electron chi connectivity index (χ3n) is 3.10. The number of hydrogen-bond donors (Lipinski definition) is 1. The molecule has 1 saturated heterocycles. The Hall–Kier alpha value is -1.22. The zero-order valence-corrected chi connectivity index (χ0v) is 10.9. The van der Waals surface area contributed by atoms with Crippen LogP contribution in [-0.4, -0.2) is 23.9 Å². The molecular weight excluding hydrogens is 236 g/mol. The summed E-state index contributed by atoms with van der Waals surface area (Å²) in [6.45, 7) is 3.96. The van der Waals surface area contributed by atoms with Crippen LogP contribution in [0.15, 0.2) is 24.3 Å². The number of amides is 1. The Morgan fingerprint density at radius 1 is 1.35 bits per heavy atom. The molecule has 17 heavy (non-hydrogen) atoms. The summed E-state index contributed by atoms with van der Waals surface area (Å²) in [5, 5.41) is 0. The van der Waals surface area contributed by atoms with E-state index in [0.717, 1.165) is 25.1 Å². The lowest BCUT2D eigenvalue weighted by molar-refractivity contribution is 0.0683. The molecule has 0 saturated carbocycles. The van der Waals surface area contributed by atoms with Gasteiger partial charge in [-0.15, -0.1) is 12.4 Å². The number of likely N-dealkylation sites (tertiary alicyclic amines) is 1. The van der Waals surface area contributed by atoms with Crippen molar-refractivity contribution in [2.45, 2.75) is 19.8 Å². The molecule has 2 N–H and O–H groups in total. The van der Waals surface area contributed by atoms with Gasteiger partial charge in [0.05, 0.1) is 0 Å². The average Bonchev–Trinajstić information content (AvgIpc) is 2.29. The molecule has 1 aromatic carbocycles. The number of benzene rings is 1. The van der Waals surface area contributed by atoms with E-state index in [1.54, 1.807) is 24.3 Å². The van der Waals surface area contributed by atoms with Crippen molar-refractivity contribution < 1.29 is 4.79 Å². The monoisotopic (exact) mass is 254 g/mol. The van der Waals surface area contributed by atoms with Gasteiger partial charge in [0.1, 0.15) is 0 Å². The second-order valence-corrected chi connectivity index (χ2v) is 4.62. The van der Waals surface area contributed by atoms with Crippen molar-refractivity contribution in [1.82, 2.24) is 4.90 Å². The fourth-order valence-electron chi connectivity index (χ4n) is 2.18. The Balaban J connectivity index is 0.00000144. The van der Waals surface area contributed by atoms with Gasteiger partial charge in [-0.05, 0) is 43.0 Å². The van der Waals surface area contributed by atoms with E-state index in [4.69, 9.17) is 5.73 Å². The predicted molar refractivity (Wildman–Crippen MR) is 72.4 cm³/mol. The van der Waals surface area contributed by atoms with Crippen LogP contribution in [-0.2, 0) is 0 Å². The van der Waals surface area contributed by atoms with Crippen LogP contribution in [0.2, 0.25) is 0 Å². The molecule has 0 spiro atoms. The normalized spacial score (nSPS) is 19.6. The van der Waals surface area contributed by atoms with Gasteiger partial charge in [-0.2, -0.15) is 0 Å². The molecule has 1 aliphatic heterocycles. The summed E-state index contributed by atoms with van der Waals surface area (Å²) in [6, 6.07) is 7.16. The Morgan fingerprint density at radius 2 is 2.00 bits per heavy atom. The van der Waals surface area contributed by atoms with Crippen molar-refractivity contribution >= 4 is 24.0 Å². The molecule has 1 aromatic rings. The minimum Gasteiger partial charge on any atom is -0.399 e. The summed E-state index contributed by atoms with van der Waals surface area (Å²) >= 11 is 0. The molecule has 3 nitrogen and oxygen atoms in total. The number of nitrogens with zero attached hydrogens (tertiary/aromatic N) is 1. The van der Waals surface area contributed by atoms with Gasteiger partial charge in [0.25, 0.3) is 5.91 Å². The van der Waals surface area contributed by atoms with Gasteiger partial charge in [-0.1, -0.05) is 6.92 Å². The van der Waals surface area contributed by atoms with Gasteiger partial charge in [-0.3, -0.25) is 4.79 Å². The highest BCUT2D eigenvalue weighted by atomic mass is 35.5. The average molecular weight is 255 g/mol. The molecule has 1 aliphatic rings. The van der Waals surface area contributed by atoms with Crippen LogP contribution in [0.3, 0.4) is 0 Å². The number of carbonyl (C=O) groups excluding carboxylic acids is 1. The van der Waals surface area contributed by atoms with E-state index >= 15 is 0 Å². The molecule has 0 aliphatic carbocycles. The second kappa shape index (κ2) is 5.92. The molecule has 0 aromatic heterocycles. The fourth-order valence-corrected chi connectivity index (χ4v) is 2.18. The second-order valence-electron chi connectivity index (χ2n) is 4.62. The number of rotatable bonds is 1. The number of carbonyl (C=O) groups is 1. The predicted octanol–water partition coefficient (Wildman–Crippen LogP) is 2.56. The summed E-state index contributed by atoms with van der Waals surface area (Å²) in [5.41, 5.74) is 7.04. The van der Waals surface area contributed by atoms with Gasteiger partial charge >= 0.3 is 0 Å². The third kappa shape index (κ3) is 3.37. The van der Waals surface area contributed by atoms with Crippen molar-refractivity contribution in [3.05, 3.63) is 29.8 Å². The van der Waals surface area contributed by atoms with Gasteiger partial charge in [-0.25, -0.2) is 0 Å². The van der Waals surface area contributed by atoms with Gasteiger partial charge < -0.3 is 10.6 Å². The topological polar surface area (TPSA) is 46.3 Å². The first-order chi connectivity index (χ1) is 7.66. The van der Waals surface area contributed by atoms with Crippen LogP contribution in [0.5, 0.6) is 0 Å². The summed E-state index contributed by atoms with van der Waals surface area (Å²) in [4.78, 5) is 14.1. The van der Waals surface area contributed by atoms with E-state index in [2.05, 4.69) is 6.92 Å². The van der Waals surface area contributed by atoms with Crippen molar-refractivity contribution in [3.8, 4) is 0 Å². The smallest absolute Gasteiger partial charge is 0.253 e. The third-order valence-corrected chi connectivity index (χ3v) is 3.10. The van der Waals surface area contributed by atoms with E-state index in [1.165, 1.54) is 6.42 Å². The van der Waals surface area contributed by atoms with E-state index in [1.807, 2.05) is 4.90 Å². The van der Waals surface area contributed by atoms with Gasteiger partial charge in [0.2, 0.25) is 0 Å².